The Morgan fingerprint density at radius 1 is 1.26 bits per heavy atom. The number of pyridine rings is 1. The van der Waals surface area contributed by atoms with Crippen molar-refractivity contribution in [1.82, 2.24) is 10.3 Å². The maximum atomic E-state index is 12.5. The molecule has 1 atom stereocenters. The average Bonchev–Trinajstić information content (AvgIpc) is 2.74. The molecule has 9 heteroatoms. The van der Waals surface area contributed by atoms with Crippen LogP contribution in [0.5, 0.6) is 17.2 Å². The van der Waals surface area contributed by atoms with E-state index in [0.717, 1.165) is 0 Å². The van der Waals surface area contributed by atoms with Crippen LogP contribution in [0.2, 0.25) is 0 Å². The Bertz CT molecular complexity index is 1150. The molecule has 162 valence electrons. The molecule has 9 nitrogen and oxygen atoms in total. The Balaban J connectivity index is 2.27. The van der Waals surface area contributed by atoms with Crippen LogP contribution >= 0.6 is 0 Å². The van der Waals surface area contributed by atoms with Crippen LogP contribution in [0.1, 0.15) is 37.9 Å². The van der Waals surface area contributed by atoms with Gasteiger partial charge in [-0.05, 0) is 36.8 Å². The number of nitrogens with zero attached hydrogens (tertiary/aromatic N) is 2. The monoisotopic (exact) mass is 425 g/mol. The van der Waals surface area contributed by atoms with Crippen LogP contribution in [0, 0.1) is 16.0 Å². The topological polar surface area (TPSA) is 135 Å². The molecule has 1 amide bonds. The Hall–Kier alpha value is -3.88. The number of rotatable bonds is 7. The molecule has 3 N–H and O–H groups in total. The summed E-state index contributed by atoms with van der Waals surface area (Å²) in [7, 11) is 0. The molecule has 0 bridgehead atoms. The van der Waals surface area contributed by atoms with Crippen molar-refractivity contribution in [3.63, 3.8) is 0 Å². The maximum absolute atomic E-state index is 12.5. The van der Waals surface area contributed by atoms with Gasteiger partial charge in [0.05, 0.1) is 23.0 Å². The highest BCUT2D eigenvalue weighted by atomic mass is 16.6. The van der Waals surface area contributed by atoms with Crippen molar-refractivity contribution in [2.75, 3.05) is 6.61 Å². The Morgan fingerprint density at radius 3 is 2.65 bits per heavy atom. The molecule has 0 aliphatic carbocycles. The number of fused-ring (bicyclic) bond motifs is 1. The average molecular weight is 425 g/mol. The molecule has 0 aliphatic rings. The summed E-state index contributed by atoms with van der Waals surface area (Å²) < 4.78 is 5.43. The summed E-state index contributed by atoms with van der Waals surface area (Å²) >= 11 is 0. The number of aromatic nitrogens is 1. The van der Waals surface area contributed by atoms with Gasteiger partial charge in [0.25, 0.3) is 5.69 Å². The van der Waals surface area contributed by atoms with Gasteiger partial charge in [-0.1, -0.05) is 19.9 Å². The third kappa shape index (κ3) is 4.35. The third-order valence-corrected chi connectivity index (χ3v) is 4.81. The Morgan fingerprint density at radius 2 is 2.00 bits per heavy atom. The summed E-state index contributed by atoms with van der Waals surface area (Å²) in [6.07, 6.45) is 1.42. The zero-order chi connectivity index (χ0) is 22.7. The molecule has 0 aliphatic heterocycles. The largest absolute Gasteiger partial charge is 0.505 e. The highest BCUT2D eigenvalue weighted by Crippen LogP contribution is 2.41. The number of aromatic hydroxyl groups is 2. The quantitative estimate of drug-likeness (QED) is 0.387. The van der Waals surface area contributed by atoms with Gasteiger partial charge in [0.2, 0.25) is 5.91 Å². The first-order valence-electron chi connectivity index (χ1n) is 9.75. The SMILES string of the molecule is CCOc1cc([C@H](NC(=O)C(C)C)c2cc([N+](=O)[O-])c3cccnc3c2O)ccc1O. The second kappa shape index (κ2) is 8.86. The molecular formula is C22H23N3O6. The maximum Gasteiger partial charge on any atom is 0.279 e. The summed E-state index contributed by atoms with van der Waals surface area (Å²) in [4.78, 5) is 27.8. The van der Waals surface area contributed by atoms with Gasteiger partial charge in [-0.2, -0.15) is 0 Å². The van der Waals surface area contributed by atoms with Crippen molar-refractivity contribution in [1.29, 1.82) is 0 Å². The van der Waals surface area contributed by atoms with E-state index in [1.165, 1.54) is 30.5 Å². The summed E-state index contributed by atoms with van der Waals surface area (Å²) in [5, 5.41) is 35.7. The van der Waals surface area contributed by atoms with Gasteiger partial charge in [-0.3, -0.25) is 19.9 Å². The number of amides is 1. The molecule has 1 heterocycles. The van der Waals surface area contributed by atoms with Crippen molar-refractivity contribution in [3.05, 3.63) is 63.8 Å². The lowest BCUT2D eigenvalue weighted by atomic mass is 9.94. The number of non-ortho nitro benzene ring substituents is 1. The molecule has 31 heavy (non-hydrogen) atoms. The molecule has 0 spiro atoms. The van der Waals surface area contributed by atoms with E-state index in [4.69, 9.17) is 4.74 Å². The highest BCUT2D eigenvalue weighted by molar-refractivity contribution is 5.94. The van der Waals surface area contributed by atoms with Crippen LogP contribution in [0.25, 0.3) is 10.9 Å². The van der Waals surface area contributed by atoms with E-state index in [2.05, 4.69) is 10.3 Å². The molecule has 3 aromatic rings. The summed E-state index contributed by atoms with van der Waals surface area (Å²) in [6, 6.07) is 7.81. The van der Waals surface area contributed by atoms with E-state index in [0.29, 0.717) is 12.2 Å². The number of nitro groups is 1. The molecule has 2 aromatic carbocycles. The lowest BCUT2D eigenvalue weighted by Gasteiger charge is -2.23. The molecule has 1 aromatic heterocycles. The van der Waals surface area contributed by atoms with Crippen LogP contribution in [0.3, 0.4) is 0 Å². The van der Waals surface area contributed by atoms with Gasteiger partial charge >= 0.3 is 0 Å². The second-order valence-electron chi connectivity index (χ2n) is 7.25. The van der Waals surface area contributed by atoms with Crippen LogP contribution in [0.15, 0.2) is 42.6 Å². The fourth-order valence-corrected chi connectivity index (χ4v) is 3.23. The van der Waals surface area contributed by atoms with Crippen molar-refractivity contribution in [2.24, 2.45) is 5.92 Å². The summed E-state index contributed by atoms with van der Waals surface area (Å²) in [6.45, 7) is 5.48. The van der Waals surface area contributed by atoms with Crippen molar-refractivity contribution in [2.45, 2.75) is 26.8 Å². The van der Waals surface area contributed by atoms with Crippen molar-refractivity contribution >= 4 is 22.5 Å². The van der Waals surface area contributed by atoms with E-state index >= 15 is 0 Å². The first-order chi connectivity index (χ1) is 14.7. The molecule has 0 fully saturated rings. The first kappa shape index (κ1) is 21.8. The number of phenols is 2. The van der Waals surface area contributed by atoms with Gasteiger partial charge in [0.15, 0.2) is 11.5 Å². The van der Waals surface area contributed by atoms with Gasteiger partial charge < -0.3 is 20.3 Å². The van der Waals surface area contributed by atoms with Crippen molar-refractivity contribution < 1.29 is 24.7 Å². The van der Waals surface area contributed by atoms with Crippen LogP contribution in [-0.2, 0) is 4.79 Å². The van der Waals surface area contributed by atoms with Crippen LogP contribution < -0.4 is 10.1 Å². The Labute approximate surface area is 178 Å². The number of nitrogens with one attached hydrogen (secondary N) is 1. The van der Waals surface area contributed by atoms with E-state index in [1.807, 2.05) is 0 Å². The molecular weight excluding hydrogens is 402 g/mol. The van der Waals surface area contributed by atoms with E-state index < -0.39 is 11.0 Å². The number of ether oxygens (including phenoxy) is 1. The standard InChI is InChI=1S/C22H23N3O6/c1-4-31-18-10-13(7-8-17(18)26)19(24-22(28)12(2)3)15-11-16(25(29)30)14-6-5-9-23-20(14)21(15)27/h5-12,19,26-27H,4H2,1-3H3,(H,24,28)/t19-/m0/s1. The predicted molar refractivity (Wildman–Crippen MR) is 114 cm³/mol. The predicted octanol–water partition coefficient (Wildman–Crippen LogP) is 3.81. The minimum Gasteiger partial charge on any atom is -0.505 e. The lowest BCUT2D eigenvalue weighted by molar-refractivity contribution is -0.383. The van der Waals surface area contributed by atoms with Crippen LogP contribution in [-0.4, -0.2) is 32.6 Å². The Kier molecular flexibility index (Phi) is 6.24. The summed E-state index contributed by atoms with van der Waals surface area (Å²) in [5.74, 6) is -0.867. The van der Waals surface area contributed by atoms with Crippen molar-refractivity contribution in [3.8, 4) is 17.2 Å². The number of carbonyl (C=O) groups is 1. The molecule has 0 unspecified atom stereocenters. The van der Waals surface area contributed by atoms with Crippen LogP contribution in [0.4, 0.5) is 5.69 Å². The molecule has 3 rings (SSSR count). The molecule has 0 radical (unpaired) electrons. The second-order valence-corrected chi connectivity index (χ2v) is 7.25. The molecule has 0 saturated carbocycles. The zero-order valence-electron chi connectivity index (χ0n) is 17.3. The fourth-order valence-electron chi connectivity index (χ4n) is 3.23. The van der Waals surface area contributed by atoms with E-state index in [-0.39, 0.29) is 51.2 Å². The normalized spacial score (nSPS) is 12.0. The first-order valence-corrected chi connectivity index (χ1v) is 9.75. The number of hydrogen-bond donors (Lipinski definition) is 3. The number of phenolic OH excluding ortho intramolecular Hbond substituents is 2. The summed E-state index contributed by atoms with van der Waals surface area (Å²) in [5.41, 5.74) is 0.387. The number of nitro benzene ring substituents is 1. The van der Waals surface area contributed by atoms with Gasteiger partial charge in [-0.25, -0.2) is 0 Å². The zero-order valence-corrected chi connectivity index (χ0v) is 17.3. The lowest BCUT2D eigenvalue weighted by Crippen LogP contribution is -2.32. The van der Waals surface area contributed by atoms with Gasteiger partial charge in [0.1, 0.15) is 11.3 Å². The van der Waals surface area contributed by atoms with Gasteiger partial charge in [-0.15, -0.1) is 0 Å². The smallest absolute Gasteiger partial charge is 0.279 e. The van der Waals surface area contributed by atoms with Gasteiger partial charge in [0, 0.05) is 23.7 Å². The third-order valence-electron chi connectivity index (χ3n) is 4.81. The molecule has 0 saturated heterocycles. The number of hydrogen-bond acceptors (Lipinski definition) is 7. The minimum atomic E-state index is -0.945. The number of carbonyl (C=O) groups excluding carboxylic acids is 1. The minimum absolute atomic E-state index is 0.0549. The fraction of sp³-hybridized carbons (Fsp3) is 0.273. The highest BCUT2D eigenvalue weighted by Gasteiger charge is 2.28. The van der Waals surface area contributed by atoms with E-state index in [1.54, 1.807) is 32.9 Å². The number of benzene rings is 2. The van der Waals surface area contributed by atoms with E-state index in [9.17, 15) is 25.1 Å².